The molecule has 0 unspecified atom stereocenters. The van der Waals surface area contributed by atoms with Crippen LogP contribution in [0.25, 0.3) is 0 Å². The largest absolute Gasteiger partial charge is 0.495 e. The van der Waals surface area contributed by atoms with Crippen molar-refractivity contribution in [3.63, 3.8) is 0 Å². The van der Waals surface area contributed by atoms with Crippen LogP contribution in [0, 0.1) is 12.7 Å². The van der Waals surface area contributed by atoms with E-state index in [0.29, 0.717) is 15.8 Å². The summed E-state index contributed by atoms with van der Waals surface area (Å²) < 4.78 is 19.3. The van der Waals surface area contributed by atoms with Crippen LogP contribution in [0.5, 0.6) is 5.75 Å². The van der Waals surface area contributed by atoms with Gasteiger partial charge in [-0.3, -0.25) is 0 Å². The van der Waals surface area contributed by atoms with Crippen molar-refractivity contribution in [2.45, 2.75) is 33.1 Å². The van der Waals surface area contributed by atoms with Crippen LogP contribution in [-0.4, -0.2) is 7.11 Å². The van der Waals surface area contributed by atoms with Crippen LogP contribution in [0.3, 0.4) is 0 Å². The SMILES string of the molecule is COc1c(C(C)(C)C)cc(C)c(F)c1Br. The van der Waals surface area contributed by atoms with Gasteiger partial charge < -0.3 is 4.74 Å². The Morgan fingerprint density at radius 1 is 1.33 bits per heavy atom. The summed E-state index contributed by atoms with van der Waals surface area (Å²) >= 11 is 3.23. The van der Waals surface area contributed by atoms with Gasteiger partial charge in [-0.05, 0) is 39.9 Å². The average molecular weight is 275 g/mol. The van der Waals surface area contributed by atoms with E-state index in [-0.39, 0.29) is 11.2 Å². The minimum absolute atomic E-state index is 0.0632. The van der Waals surface area contributed by atoms with Crippen molar-refractivity contribution in [3.8, 4) is 5.75 Å². The number of hydrogen-bond acceptors (Lipinski definition) is 1. The molecule has 0 fully saturated rings. The zero-order valence-corrected chi connectivity index (χ0v) is 11.3. The Labute approximate surface area is 98.8 Å². The molecule has 0 aliphatic carbocycles. The quantitative estimate of drug-likeness (QED) is 0.746. The van der Waals surface area contributed by atoms with Crippen LogP contribution in [-0.2, 0) is 5.41 Å². The fourth-order valence-corrected chi connectivity index (χ4v) is 2.18. The fourth-order valence-electron chi connectivity index (χ4n) is 1.49. The summed E-state index contributed by atoms with van der Waals surface area (Å²) in [7, 11) is 1.56. The number of rotatable bonds is 1. The maximum absolute atomic E-state index is 13.6. The van der Waals surface area contributed by atoms with Crippen molar-refractivity contribution in [3.05, 3.63) is 27.5 Å². The number of ether oxygens (including phenoxy) is 1. The van der Waals surface area contributed by atoms with Gasteiger partial charge >= 0.3 is 0 Å². The molecule has 0 aliphatic rings. The second-order valence-corrected chi connectivity index (χ2v) is 5.45. The molecule has 0 bridgehead atoms. The van der Waals surface area contributed by atoms with E-state index >= 15 is 0 Å². The zero-order chi connectivity index (χ0) is 11.8. The normalized spacial score (nSPS) is 11.7. The summed E-state index contributed by atoms with van der Waals surface area (Å²) in [5.41, 5.74) is 1.58. The molecule has 0 aromatic heterocycles. The first-order valence-corrected chi connectivity index (χ1v) is 5.61. The number of benzene rings is 1. The Kier molecular flexibility index (Phi) is 3.44. The van der Waals surface area contributed by atoms with Crippen molar-refractivity contribution < 1.29 is 9.13 Å². The molecule has 3 heteroatoms. The van der Waals surface area contributed by atoms with E-state index in [2.05, 4.69) is 36.7 Å². The van der Waals surface area contributed by atoms with Crippen LogP contribution in [0.4, 0.5) is 4.39 Å². The molecule has 0 amide bonds. The third-order valence-corrected chi connectivity index (χ3v) is 3.06. The molecular weight excluding hydrogens is 259 g/mol. The minimum Gasteiger partial charge on any atom is -0.495 e. The van der Waals surface area contributed by atoms with Gasteiger partial charge in [0.2, 0.25) is 0 Å². The molecular formula is C12H16BrFO. The molecule has 0 saturated carbocycles. The molecule has 0 heterocycles. The van der Waals surface area contributed by atoms with Crippen LogP contribution < -0.4 is 4.74 Å². The van der Waals surface area contributed by atoms with Gasteiger partial charge in [-0.25, -0.2) is 4.39 Å². The highest BCUT2D eigenvalue weighted by molar-refractivity contribution is 9.10. The Hall–Kier alpha value is -0.570. The third-order valence-electron chi connectivity index (χ3n) is 2.36. The number of aryl methyl sites for hydroxylation is 1. The van der Waals surface area contributed by atoms with E-state index in [0.717, 1.165) is 5.56 Å². The predicted octanol–water partition coefficient (Wildman–Crippen LogP) is 4.20. The smallest absolute Gasteiger partial charge is 0.144 e. The maximum atomic E-state index is 13.6. The number of halogens is 2. The van der Waals surface area contributed by atoms with E-state index in [9.17, 15) is 4.39 Å². The lowest BCUT2D eigenvalue weighted by molar-refractivity contribution is 0.390. The molecule has 0 aliphatic heterocycles. The third kappa shape index (κ3) is 2.33. The van der Waals surface area contributed by atoms with Crippen LogP contribution in [0.15, 0.2) is 10.5 Å². The van der Waals surface area contributed by atoms with Gasteiger partial charge in [0.1, 0.15) is 11.6 Å². The van der Waals surface area contributed by atoms with Crippen molar-refractivity contribution in [2.75, 3.05) is 7.11 Å². The Bertz CT molecular complexity index is 380. The van der Waals surface area contributed by atoms with E-state index in [1.165, 1.54) is 0 Å². The molecule has 84 valence electrons. The lowest BCUT2D eigenvalue weighted by Gasteiger charge is -2.24. The highest BCUT2D eigenvalue weighted by atomic mass is 79.9. The van der Waals surface area contributed by atoms with Crippen molar-refractivity contribution in [1.82, 2.24) is 0 Å². The second-order valence-electron chi connectivity index (χ2n) is 4.65. The molecule has 0 atom stereocenters. The van der Waals surface area contributed by atoms with E-state index in [1.807, 2.05) is 6.07 Å². The molecule has 1 aromatic carbocycles. The van der Waals surface area contributed by atoms with Crippen LogP contribution in [0.1, 0.15) is 31.9 Å². The van der Waals surface area contributed by atoms with Gasteiger partial charge in [-0.2, -0.15) is 0 Å². The number of hydrogen-bond donors (Lipinski definition) is 0. The topological polar surface area (TPSA) is 9.23 Å². The Balaban J connectivity index is 3.53. The average Bonchev–Trinajstić information content (AvgIpc) is 2.12. The number of methoxy groups -OCH3 is 1. The van der Waals surface area contributed by atoms with Gasteiger partial charge in [0.25, 0.3) is 0 Å². The molecule has 0 saturated heterocycles. The fraction of sp³-hybridized carbons (Fsp3) is 0.500. The Morgan fingerprint density at radius 2 is 1.87 bits per heavy atom. The lowest BCUT2D eigenvalue weighted by Crippen LogP contribution is -2.14. The highest BCUT2D eigenvalue weighted by Gasteiger charge is 2.23. The first-order chi connectivity index (χ1) is 6.79. The maximum Gasteiger partial charge on any atom is 0.144 e. The van der Waals surface area contributed by atoms with E-state index < -0.39 is 0 Å². The van der Waals surface area contributed by atoms with Crippen LogP contribution in [0.2, 0.25) is 0 Å². The summed E-state index contributed by atoms with van der Waals surface area (Å²) in [6.45, 7) is 7.99. The summed E-state index contributed by atoms with van der Waals surface area (Å²) in [6.07, 6.45) is 0. The monoisotopic (exact) mass is 274 g/mol. The van der Waals surface area contributed by atoms with Crippen molar-refractivity contribution in [1.29, 1.82) is 0 Å². The molecule has 15 heavy (non-hydrogen) atoms. The standard InChI is InChI=1S/C12H16BrFO/c1-7-6-8(12(2,3)4)11(15-5)9(13)10(7)14/h6H,1-5H3. The van der Waals surface area contributed by atoms with Gasteiger partial charge in [-0.15, -0.1) is 0 Å². The van der Waals surface area contributed by atoms with Gasteiger partial charge in [0, 0.05) is 5.56 Å². The van der Waals surface area contributed by atoms with Crippen molar-refractivity contribution >= 4 is 15.9 Å². The summed E-state index contributed by atoms with van der Waals surface area (Å²) in [6, 6.07) is 1.85. The molecule has 0 spiro atoms. The van der Waals surface area contributed by atoms with Crippen molar-refractivity contribution in [2.24, 2.45) is 0 Å². The van der Waals surface area contributed by atoms with Crippen LogP contribution >= 0.6 is 15.9 Å². The van der Waals surface area contributed by atoms with Gasteiger partial charge in [0.05, 0.1) is 11.6 Å². The van der Waals surface area contributed by atoms with E-state index in [1.54, 1.807) is 14.0 Å². The first kappa shape index (κ1) is 12.5. The Morgan fingerprint density at radius 3 is 2.27 bits per heavy atom. The first-order valence-electron chi connectivity index (χ1n) is 4.82. The molecule has 1 rings (SSSR count). The molecule has 1 aromatic rings. The zero-order valence-electron chi connectivity index (χ0n) is 9.74. The highest BCUT2D eigenvalue weighted by Crippen LogP contribution is 2.39. The summed E-state index contributed by atoms with van der Waals surface area (Å²) in [5, 5.41) is 0. The van der Waals surface area contributed by atoms with Gasteiger partial charge in [0.15, 0.2) is 0 Å². The summed E-state index contributed by atoms with van der Waals surface area (Å²) in [4.78, 5) is 0. The second kappa shape index (κ2) is 4.12. The molecule has 0 N–H and O–H groups in total. The van der Waals surface area contributed by atoms with E-state index in [4.69, 9.17) is 4.74 Å². The molecule has 0 radical (unpaired) electrons. The predicted molar refractivity (Wildman–Crippen MR) is 64.1 cm³/mol. The summed E-state index contributed by atoms with van der Waals surface area (Å²) in [5.74, 6) is 0.338. The van der Waals surface area contributed by atoms with Gasteiger partial charge in [-0.1, -0.05) is 20.8 Å². The molecule has 1 nitrogen and oxygen atoms in total. The minimum atomic E-state index is -0.250. The lowest BCUT2D eigenvalue weighted by atomic mass is 9.85.